The van der Waals surface area contributed by atoms with Crippen LogP contribution >= 0.6 is 0 Å². The molecule has 0 spiro atoms. The second-order valence-electron chi connectivity index (χ2n) is 5.76. The van der Waals surface area contributed by atoms with Gasteiger partial charge in [0.25, 0.3) is 6.47 Å². The van der Waals surface area contributed by atoms with Gasteiger partial charge in [-0.05, 0) is 36.7 Å². The van der Waals surface area contributed by atoms with Gasteiger partial charge in [-0.1, -0.05) is 0 Å². The molecule has 0 rings (SSSR count). The topological polar surface area (TPSA) is 98.8 Å². The van der Waals surface area contributed by atoms with Crippen molar-refractivity contribution in [3.63, 3.8) is 0 Å². The maximum atomic E-state index is 11.4. The van der Waals surface area contributed by atoms with Crippen molar-refractivity contribution < 1.29 is 28.1 Å². The van der Waals surface area contributed by atoms with Crippen LogP contribution < -0.4 is 5.32 Å². The molecule has 1 amide bonds. The van der Waals surface area contributed by atoms with Crippen LogP contribution in [0.4, 0.5) is 4.79 Å². The van der Waals surface area contributed by atoms with Crippen LogP contribution in [0.1, 0.15) is 33.6 Å². The number of alkyl carbamates (subject to hydrolysis) is 1. The Hall–Kier alpha value is -1.57. The summed E-state index contributed by atoms with van der Waals surface area (Å²) in [5.74, 6) is -0.156. The van der Waals surface area contributed by atoms with Gasteiger partial charge in [0.1, 0.15) is 5.60 Å². The second-order valence-corrected chi connectivity index (χ2v) is 8.61. The molecule has 7 nitrogen and oxygen atoms in total. The predicted molar refractivity (Wildman–Crippen MR) is 87.6 cm³/mol. The lowest BCUT2D eigenvalue weighted by atomic mass is 10.2. The number of carbonyl (C=O) groups is 3. The third kappa shape index (κ3) is 20.7. The van der Waals surface area contributed by atoms with Crippen molar-refractivity contribution in [1.29, 1.82) is 0 Å². The number of ether oxygens (including phenoxy) is 2. The van der Waals surface area contributed by atoms with E-state index < -0.39 is 21.2 Å². The van der Waals surface area contributed by atoms with E-state index >= 15 is 0 Å². The van der Waals surface area contributed by atoms with Crippen molar-refractivity contribution in [2.45, 2.75) is 39.2 Å². The molecule has 0 saturated heterocycles. The Morgan fingerprint density at radius 1 is 1.23 bits per heavy atom. The van der Waals surface area contributed by atoms with Crippen LogP contribution in [0.25, 0.3) is 0 Å². The van der Waals surface area contributed by atoms with Crippen molar-refractivity contribution in [3.8, 4) is 0 Å². The summed E-state index contributed by atoms with van der Waals surface area (Å²) < 4.78 is 20.2. The third-order valence-electron chi connectivity index (χ3n) is 1.78. The van der Waals surface area contributed by atoms with E-state index in [-0.39, 0.29) is 12.2 Å². The number of hydrogen-bond acceptors (Lipinski definition) is 6. The zero-order chi connectivity index (χ0) is 17.8. The number of carbonyl (C=O) groups excluding carboxylic acids is 3. The molecule has 0 bridgehead atoms. The first-order valence-electron chi connectivity index (χ1n) is 6.66. The third-order valence-corrected chi connectivity index (χ3v) is 2.61. The highest BCUT2D eigenvalue weighted by Gasteiger charge is 2.15. The number of amides is 1. The monoisotopic (exact) mass is 337 g/mol. The number of nitrogens with one attached hydrogen (secondary N) is 1. The molecule has 0 aromatic carbocycles. The first-order valence-corrected chi connectivity index (χ1v) is 9.10. The van der Waals surface area contributed by atoms with E-state index in [4.69, 9.17) is 9.53 Å². The number of Topliss-reactive ketones (excluding diaryl/α,β-unsaturated/α-hetero) is 1. The van der Waals surface area contributed by atoms with Crippen molar-refractivity contribution in [2.24, 2.45) is 0 Å². The molecule has 0 aromatic rings. The molecular weight excluding hydrogens is 310 g/mol. The van der Waals surface area contributed by atoms with Gasteiger partial charge in [-0.2, -0.15) is 0 Å². The minimum Gasteiger partial charge on any atom is -0.471 e. The van der Waals surface area contributed by atoms with Crippen molar-refractivity contribution in [3.05, 3.63) is 0 Å². The van der Waals surface area contributed by atoms with Gasteiger partial charge in [0.15, 0.2) is 5.78 Å². The summed E-state index contributed by atoms with van der Waals surface area (Å²) in [5, 5.41) is 3.81. The zero-order valence-electron chi connectivity index (χ0n) is 14.1. The van der Waals surface area contributed by atoms with Gasteiger partial charge >= 0.3 is 6.09 Å². The van der Waals surface area contributed by atoms with Gasteiger partial charge in [0.2, 0.25) is 0 Å². The van der Waals surface area contributed by atoms with E-state index in [0.29, 0.717) is 19.4 Å². The van der Waals surface area contributed by atoms with Crippen molar-refractivity contribution >= 4 is 33.2 Å². The first kappa shape index (κ1) is 22.7. The second kappa shape index (κ2) is 11.1. The summed E-state index contributed by atoms with van der Waals surface area (Å²) in [6.45, 7) is 6.08. The summed E-state index contributed by atoms with van der Waals surface area (Å²) >= 11 is 0. The van der Waals surface area contributed by atoms with Gasteiger partial charge in [-0.15, -0.1) is 0 Å². The molecule has 22 heavy (non-hydrogen) atoms. The van der Waals surface area contributed by atoms with Crippen LogP contribution in [0, 0.1) is 0 Å². The van der Waals surface area contributed by atoms with Crippen LogP contribution in [-0.4, -0.2) is 59.7 Å². The quantitative estimate of drug-likeness (QED) is 0.441. The number of methoxy groups -OCH3 is 1. The summed E-state index contributed by atoms with van der Waals surface area (Å²) in [6, 6.07) is 0. The van der Waals surface area contributed by atoms with Crippen LogP contribution in [0.5, 0.6) is 0 Å². The maximum Gasteiger partial charge on any atom is 0.407 e. The van der Waals surface area contributed by atoms with Crippen molar-refractivity contribution in [1.82, 2.24) is 5.32 Å². The van der Waals surface area contributed by atoms with Crippen LogP contribution in [0.2, 0.25) is 0 Å². The molecule has 0 aliphatic carbocycles. The number of rotatable bonds is 6. The average Bonchev–Trinajstić information content (AvgIpc) is 2.30. The predicted octanol–water partition coefficient (Wildman–Crippen LogP) is 0.996. The minimum absolute atomic E-state index is 0.156. The van der Waals surface area contributed by atoms with E-state index in [9.17, 15) is 13.8 Å². The van der Waals surface area contributed by atoms with Gasteiger partial charge in [-0.25, -0.2) is 4.79 Å². The Balaban J connectivity index is 0. The molecule has 0 radical (unpaired) electrons. The van der Waals surface area contributed by atoms with E-state index in [1.165, 1.54) is 25.0 Å². The summed E-state index contributed by atoms with van der Waals surface area (Å²) in [7, 11) is -0.825. The average molecular weight is 337 g/mol. The van der Waals surface area contributed by atoms with Gasteiger partial charge in [0, 0.05) is 30.8 Å². The maximum absolute atomic E-state index is 11.4. The fourth-order valence-corrected chi connectivity index (χ4v) is 1.89. The fraction of sp³-hybridized carbons (Fsp3) is 0.714. The van der Waals surface area contributed by atoms with E-state index in [1.807, 2.05) is 0 Å². The summed E-state index contributed by atoms with van der Waals surface area (Å²) in [4.78, 5) is 31.6. The summed E-state index contributed by atoms with van der Waals surface area (Å²) in [6.07, 6.45) is 3.32. The minimum atomic E-state index is -2.14. The molecule has 0 unspecified atom stereocenters. The Morgan fingerprint density at radius 3 is 2.09 bits per heavy atom. The number of ketones is 1. The van der Waals surface area contributed by atoms with Crippen LogP contribution in [0.15, 0.2) is 0 Å². The van der Waals surface area contributed by atoms with Gasteiger partial charge in [0.05, 0.1) is 7.11 Å². The zero-order valence-corrected chi connectivity index (χ0v) is 15.0. The van der Waals surface area contributed by atoms with E-state index in [0.717, 1.165) is 0 Å². The molecule has 0 heterocycles. The normalized spacial score (nSPS) is 10.6. The molecule has 0 aromatic heterocycles. The lowest BCUT2D eigenvalue weighted by Gasteiger charge is -2.19. The largest absolute Gasteiger partial charge is 0.471 e. The van der Waals surface area contributed by atoms with E-state index in [1.54, 1.807) is 20.8 Å². The molecule has 0 aliphatic heterocycles. The summed E-state index contributed by atoms with van der Waals surface area (Å²) in [5.41, 5.74) is -0.524. The van der Waals surface area contributed by atoms with Gasteiger partial charge < -0.3 is 14.8 Å². The Kier molecular flexibility index (Phi) is 11.4. The molecular formula is C14H27NO6S. The first-order chi connectivity index (χ1) is 9.91. The standard InChI is InChI=1S/C12H23NO4S.C2H4O2/c1-12(2,3)17-11(15)13-8-6-7-10(14)9-18(4,5)16;1-4-2-3/h9H,6-8H2,1-5H3,(H,13,15);2H,1H3. The lowest BCUT2D eigenvalue weighted by molar-refractivity contribution is -0.126. The Bertz CT molecular complexity index is 464. The van der Waals surface area contributed by atoms with Gasteiger partial charge in [-0.3, -0.25) is 13.8 Å². The Morgan fingerprint density at radius 2 is 1.73 bits per heavy atom. The molecule has 1 N–H and O–H groups in total. The number of hydrogen-bond donors (Lipinski definition) is 1. The molecule has 0 saturated carbocycles. The molecule has 0 fully saturated rings. The fourth-order valence-electron chi connectivity index (χ4n) is 1.14. The Labute approximate surface area is 132 Å². The SMILES string of the molecule is CC(C)(C)OC(=O)NCCCC(=O)C=S(C)(C)=O.COC=O. The highest BCUT2D eigenvalue weighted by Crippen LogP contribution is 2.06. The molecule has 0 atom stereocenters. The molecule has 130 valence electrons. The van der Waals surface area contributed by atoms with Crippen molar-refractivity contribution in [2.75, 3.05) is 26.2 Å². The highest BCUT2D eigenvalue weighted by molar-refractivity contribution is 8.01. The molecule has 0 aliphatic rings. The highest BCUT2D eigenvalue weighted by atomic mass is 32.2. The van der Waals surface area contributed by atoms with Crippen LogP contribution in [0.3, 0.4) is 0 Å². The van der Waals surface area contributed by atoms with Crippen LogP contribution in [-0.2, 0) is 28.6 Å². The molecule has 8 heteroatoms. The van der Waals surface area contributed by atoms with E-state index in [2.05, 4.69) is 10.1 Å². The smallest absolute Gasteiger partial charge is 0.407 e. The lowest BCUT2D eigenvalue weighted by Crippen LogP contribution is -2.33.